The molecule has 1 aromatic carbocycles. The lowest BCUT2D eigenvalue weighted by molar-refractivity contribution is 0.166. The SMILES string of the molecule is O=S1(=O)CCC(NCCC(O)c2ccccc2)C1. The highest BCUT2D eigenvalue weighted by Gasteiger charge is 2.27. The van der Waals surface area contributed by atoms with Gasteiger partial charge in [0.2, 0.25) is 0 Å². The third-order valence-electron chi connectivity index (χ3n) is 3.27. The Kier molecular flexibility index (Phi) is 4.37. The van der Waals surface area contributed by atoms with E-state index in [1.165, 1.54) is 0 Å². The molecule has 1 fully saturated rings. The van der Waals surface area contributed by atoms with E-state index in [9.17, 15) is 13.5 Å². The van der Waals surface area contributed by atoms with Gasteiger partial charge in [-0.15, -0.1) is 0 Å². The summed E-state index contributed by atoms with van der Waals surface area (Å²) in [7, 11) is -2.82. The number of aliphatic hydroxyl groups excluding tert-OH is 1. The van der Waals surface area contributed by atoms with Crippen LogP contribution >= 0.6 is 0 Å². The highest BCUT2D eigenvalue weighted by atomic mass is 32.2. The number of nitrogens with one attached hydrogen (secondary N) is 1. The third-order valence-corrected chi connectivity index (χ3v) is 5.04. The molecule has 4 nitrogen and oxygen atoms in total. The summed E-state index contributed by atoms with van der Waals surface area (Å²) in [6.07, 6.45) is 0.793. The summed E-state index contributed by atoms with van der Waals surface area (Å²) in [5.74, 6) is 0.514. The standard InChI is InChI=1S/C13H19NO3S/c15-13(11-4-2-1-3-5-11)6-8-14-12-7-9-18(16,17)10-12/h1-5,12-15H,6-10H2. The molecule has 2 atom stereocenters. The quantitative estimate of drug-likeness (QED) is 0.833. The lowest BCUT2D eigenvalue weighted by Gasteiger charge is -2.14. The molecule has 2 rings (SSSR count). The topological polar surface area (TPSA) is 66.4 Å². The average Bonchev–Trinajstić information content (AvgIpc) is 2.70. The van der Waals surface area contributed by atoms with Crippen LogP contribution < -0.4 is 5.32 Å². The van der Waals surface area contributed by atoms with Crippen molar-refractivity contribution in [1.82, 2.24) is 5.32 Å². The van der Waals surface area contributed by atoms with Crippen molar-refractivity contribution >= 4 is 9.84 Å². The minimum absolute atomic E-state index is 0.0537. The lowest BCUT2D eigenvalue weighted by Crippen LogP contribution is -2.31. The van der Waals surface area contributed by atoms with Gasteiger partial charge in [-0.2, -0.15) is 0 Å². The van der Waals surface area contributed by atoms with Gasteiger partial charge in [-0.1, -0.05) is 30.3 Å². The zero-order valence-corrected chi connectivity index (χ0v) is 11.1. The molecule has 0 bridgehead atoms. The molecule has 0 saturated carbocycles. The summed E-state index contributed by atoms with van der Waals surface area (Å²) in [5.41, 5.74) is 0.901. The van der Waals surface area contributed by atoms with Crippen molar-refractivity contribution in [3.63, 3.8) is 0 Å². The number of benzene rings is 1. The van der Waals surface area contributed by atoms with Crippen molar-refractivity contribution in [2.75, 3.05) is 18.1 Å². The first kappa shape index (κ1) is 13.5. The largest absolute Gasteiger partial charge is 0.388 e. The smallest absolute Gasteiger partial charge is 0.151 e. The normalized spacial score (nSPS) is 23.9. The van der Waals surface area contributed by atoms with Crippen LogP contribution in [0.3, 0.4) is 0 Å². The van der Waals surface area contributed by atoms with Crippen molar-refractivity contribution in [3.8, 4) is 0 Å². The second-order valence-corrected chi connectivity index (χ2v) is 7.00. The second kappa shape index (κ2) is 5.82. The number of hydrogen-bond donors (Lipinski definition) is 2. The molecule has 100 valence electrons. The zero-order chi connectivity index (χ0) is 13.0. The van der Waals surface area contributed by atoms with Crippen LogP contribution in [-0.4, -0.2) is 37.6 Å². The predicted molar refractivity (Wildman–Crippen MR) is 71.1 cm³/mol. The van der Waals surface area contributed by atoms with Crippen LogP contribution in [-0.2, 0) is 9.84 Å². The van der Waals surface area contributed by atoms with Crippen molar-refractivity contribution < 1.29 is 13.5 Å². The summed E-state index contributed by atoms with van der Waals surface area (Å²) in [6, 6.07) is 9.55. The Morgan fingerprint density at radius 3 is 2.67 bits per heavy atom. The Bertz CT molecular complexity index is 472. The number of sulfone groups is 1. The molecule has 1 heterocycles. The molecule has 0 radical (unpaired) electrons. The fraction of sp³-hybridized carbons (Fsp3) is 0.538. The number of rotatable bonds is 5. The Hall–Kier alpha value is -0.910. The van der Waals surface area contributed by atoms with E-state index in [-0.39, 0.29) is 17.5 Å². The van der Waals surface area contributed by atoms with Gasteiger partial charge in [0, 0.05) is 6.04 Å². The van der Waals surface area contributed by atoms with Crippen molar-refractivity contribution in [2.45, 2.75) is 25.0 Å². The van der Waals surface area contributed by atoms with Crippen LogP contribution in [0.2, 0.25) is 0 Å². The Labute approximate surface area is 108 Å². The van der Waals surface area contributed by atoms with Crippen LogP contribution in [0.15, 0.2) is 30.3 Å². The monoisotopic (exact) mass is 269 g/mol. The maximum atomic E-state index is 11.3. The molecule has 18 heavy (non-hydrogen) atoms. The van der Waals surface area contributed by atoms with Crippen LogP contribution in [0.5, 0.6) is 0 Å². The molecule has 0 aromatic heterocycles. The summed E-state index contributed by atoms with van der Waals surface area (Å²) in [4.78, 5) is 0. The minimum Gasteiger partial charge on any atom is -0.388 e. The molecule has 0 spiro atoms. The van der Waals surface area contributed by atoms with E-state index in [1.54, 1.807) is 0 Å². The molecule has 1 aromatic rings. The van der Waals surface area contributed by atoms with Gasteiger partial charge in [0.1, 0.15) is 0 Å². The van der Waals surface area contributed by atoms with E-state index < -0.39 is 15.9 Å². The van der Waals surface area contributed by atoms with Crippen molar-refractivity contribution in [1.29, 1.82) is 0 Å². The predicted octanol–water partition coefficient (Wildman–Crippen LogP) is 0.887. The van der Waals surface area contributed by atoms with Gasteiger partial charge in [-0.05, 0) is 24.9 Å². The molecule has 1 aliphatic heterocycles. The Morgan fingerprint density at radius 2 is 2.06 bits per heavy atom. The van der Waals surface area contributed by atoms with Gasteiger partial charge in [0.05, 0.1) is 17.6 Å². The van der Waals surface area contributed by atoms with E-state index in [4.69, 9.17) is 0 Å². The fourth-order valence-corrected chi connectivity index (χ4v) is 3.93. The Morgan fingerprint density at radius 1 is 1.33 bits per heavy atom. The molecular weight excluding hydrogens is 250 g/mol. The highest BCUT2D eigenvalue weighted by Crippen LogP contribution is 2.16. The van der Waals surface area contributed by atoms with E-state index in [0.717, 1.165) is 5.56 Å². The van der Waals surface area contributed by atoms with Gasteiger partial charge in [-0.3, -0.25) is 0 Å². The molecule has 1 aliphatic rings. The van der Waals surface area contributed by atoms with Crippen LogP contribution in [0.4, 0.5) is 0 Å². The first-order valence-corrected chi connectivity index (χ1v) is 8.06. The first-order valence-electron chi connectivity index (χ1n) is 6.24. The third kappa shape index (κ3) is 3.80. The second-order valence-electron chi connectivity index (χ2n) is 4.77. The average molecular weight is 269 g/mol. The Balaban J connectivity index is 1.73. The lowest BCUT2D eigenvalue weighted by atomic mass is 10.1. The number of aliphatic hydroxyl groups is 1. The summed E-state index contributed by atoms with van der Waals surface area (Å²) in [6.45, 7) is 0.635. The molecule has 2 unspecified atom stereocenters. The summed E-state index contributed by atoms with van der Waals surface area (Å²) < 4.78 is 22.5. The molecule has 2 N–H and O–H groups in total. The summed E-state index contributed by atoms with van der Waals surface area (Å²) >= 11 is 0. The van der Waals surface area contributed by atoms with Gasteiger partial charge >= 0.3 is 0 Å². The molecule has 0 aliphatic carbocycles. The molecule has 0 amide bonds. The van der Waals surface area contributed by atoms with E-state index in [1.807, 2.05) is 30.3 Å². The fourth-order valence-electron chi connectivity index (χ4n) is 2.22. The zero-order valence-electron chi connectivity index (χ0n) is 10.2. The molecular formula is C13H19NO3S. The highest BCUT2D eigenvalue weighted by molar-refractivity contribution is 7.91. The van der Waals surface area contributed by atoms with E-state index in [2.05, 4.69) is 5.32 Å². The summed E-state index contributed by atoms with van der Waals surface area (Å²) in [5, 5.41) is 13.1. The van der Waals surface area contributed by atoms with E-state index >= 15 is 0 Å². The van der Waals surface area contributed by atoms with Crippen LogP contribution in [0, 0.1) is 0 Å². The van der Waals surface area contributed by atoms with Crippen molar-refractivity contribution in [2.24, 2.45) is 0 Å². The maximum Gasteiger partial charge on any atom is 0.151 e. The van der Waals surface area contributed by atoms with Gasteiger partial charge < -0.3 is 10.4 Å². The van der Waals surface area contributed by atoms with Gasteiger partial charge in [0.25, 0.3) is 0 Å². The van der Waals surface area contributed by atoms with Gasteiger partial charge in [-0.25, -0.2) is 8.42 Å². The molecule has 1 saturated heterocycles. The minimum atomic E-state index is -2.82. The van der Waals surface area contributed by atoms with E-state index in [0.29, 0.717) is 19.4 Å². The first-order chi connectivity index (χ1) is 8.57. The maximum absolute atomic E-state index is 11.3. The van der Waals surface area contributed by atoms with Crippen LogP contribution in [0.25, 0.3) is 0 Å². The molecule has 5 heteroatoms. The van der Waals surface area contributed by atoms with Crippen LogP contribution in [0.1, 0.15) is 24.5 Å². The van der Waals surface area contributed by atoms with Crippen molar-refractivity contribution in [3.05, 3.63) is 35.9 Å². The number of hydrogen-bond acceptors (Lipinski definition) is 4. The van der Waals surface area contributed by atoms with Gasteiger partial charge in [0.15, 0.2) is 9.84 Å².